The van der Waals surface area contributed by atoms with Gasteiger partial charge in [0.1, 0.15) is 0 Å². The predicted octanol–water partition coefficient (Wildman–Crippen LogP) is 7.47. The zero-order valence-electron chi connectivity index (χ0n) is 23.2. The van der Waals surface area contributed by atoms with Crippen LogP contribution in [0.1, 0.15) is 39.3 Å². The van der Waals surface area contributed by atoms with Crippen LogP contribution in [-0.2, 0) is 18.5 Å². The van der Waals surface area contributed by atoms with Crippen LogP contribution in [-0.4, -0.2) is 0 Å². The molecule has 4 heterocycles. The minimum Gasteiger partial charge on any atom is -0.197 e. The molecule has 4 aliphatic rings. The van der Waals surface area contributed by atoms with Crippen molar-refractivity contribution in [3.63, 3.8) is 0 Å². The van der Waals surface area contributed by atoms with E-state index in [1.54, 1.807) is 0 Å². The number of benzene rings is 4. The summed E-state index contributed by atoms with van der Waals surface area (Å²) in [6.45, 7) is 1.81. The van der Waals surface area contributed by atoms with E-state index in [9.17, 15) is 0 Å². The monoisotopic (exact) mass is 536 g/mol. The van der Waals surface area contributed by atoms with Crippen molar-refractivity contribution in [2.24, 2.45) is 0 Å². The Morgan fingerprint density at radius 2 is 1.07 bits per heavy atom. The lowest BCUT2D eigenvalue weighted by molar-refractivity contribution is -0.689. The minimum atomic E-state index is -0.421. The first-order chi connectivity index (χ1) is 20.8. The average molecular weight is 537 g/mol. The van der Waals surface area contributed by atoms with Crippen LogP contribution in [0.5, 0.6) is 0 Å². The Morgan fingerprint density at radius 1 is 0.500 bits per heavy atom. The van der Waals surface area contributed by atoms with E-state index in [2.05, 4.69) is 149 Å². The van der Waals surface area contributed by atoms with Gasteiger partial charge in [-0.2, -0.15) is 9.13 Å². The van der Waals surface area contributed by atoms with E-state index >= 15 is 0 Å². The van der Waals surface area contributed by atoms with E-state index in [0.29, 0.717) is 0 Å². The molecule has 6 aromatic rings. The molecule has 0 radical (unpaired) electrons. The molecule has 42 heavy (non-hydrogen) atoms. The lowest BCUT2D eigenvalue weighted by atomic mass is 9.60. The van der Waals surface area contributed by atoms with Crippen molar-refractivity contribution < 1.29 is 9.13 Å². The Morgan fingerprint density at radius 3 is 1.83 bits per heavy atom. The molecule has 0 amide bonds. The van der Waals surface area contributed by atoms with E-state index in [1.165, 1.54) is 72.6 Å². The van der Waals surface area contributed by atoms with E-state index in [0.717, 1.165) is 13.1 Å². The molecule has 10 rings (SSSR count). The molecule has 196 valence electrons. The van der Waals surface area contributed by atoms with Gasteiger partial charge in [0.05, 0.1) is 22.5 Å². The van der Waals surface area contributed by atoms with Crippen molar-refractivity contribution >= 4 is 5.57 Å². The number of pyridine rings is 2. The fourth-order valence-corrected chi connectivity index (χ4v) is 8.72. The molecule has 2 heteroatoms. The van der Waals surface area contributed by atoms with Crippen LogP contribution >= 0.6 is 0 Å². The first-order valence-corrected chi connectivity index (χ1v) is 15.0. The highest BCUT2D eigenvalue weighted by atomic mass is 15.0. The summed E-state index contributed by atoms with van der Waals surface area (Å²) in [6, 6.07) is 45.7. The molecule has 4 aromatic carbocycles. The summed E-state index contributed by atoms with van der Waals surface area (Å²) in [5.74, 6) is 0.259. The molecular weight excluding hydrogens is 508 g/mol. The van der Waals surface area contributed by atoms with Gasteiger partial charge < -0.3 is 0 Å². The third kappa shape index (κ3) is 2.66. The van der Waals surface area contributed by atoms with Crippen LogP contribution in [0.3, 0.4) is 0 Å². The smallest absolute Gasteiger partial charge is 0.197 e. The number of rotatable bonds is 0. The second-order valence-electron chi connectivity index (χ2n) is 12.1. The van der Waals surface area contributed by atoms with Gasteiger partial charge in [-0.1, -0.05) is 78.9 Å². The normalized spacial score (nSPS) is 18.7. The van der Waals surface area contributed by atoms with Gasteiger partial charge in [-0.05, 0) is 63.2 Å². The lowest BCUT2D eigenvalue weighted by Gasteiger charge is -2.41. The van der Waals surface area contributed by atoms with E-state index in [4.69, 9.17) is 0 Å². The van der Waals surface area contributed by atoms with E-state index < -0.39 is 5.41 Å². The highest BCUT2D eigenvalue weighted by molar-refractivity contribution is 5.93. The van der Waals surface area contributed by atoms with Crippen molar-refractivity contribution in [1.82, 2.24) is 0 Å². The summed E-state index contributed by atoms with van der Waals surface area (Å²) in [4.78, 5) is 0. The highest BCUT2D eigenvalue weighted by Gasteiger charge is 2.52. The molecular formula is C40H28N2+2. The predicted molar refractivity (Wildman–Crippen MR) is 166 cm³/mol. The number of allylic oxidation sites excluding steroid dienone is 2. The number of hydrogen-bond donors (Lipinski definition) is 0. The number of fused-ring (bicyclic) bond motifs is 11. The van der Waals surface area contributed by atoms with Gasteiger partial charge in [-0.15, -0.1) is 0 Å². The van der Waals surface area contributed by atoms with Gasteiger partial charge in [-0.25, -0.2) is 0 Å². The third-order valence-corrected chi connectivity index (χ3v) is 10.2. The highest BCUT2D eigenvalue weighted by Crippen LogP contribution is 2.61. The molecule has 2 aromatic heterocycles. The Hall–Kier alpha value is -5.08. The number of hydrogen-bond acceptors (Lipinski definition) is 0. The zero-order valence-corrected chi connectivity index (χ0v) is 23.2. The Kier molecular flexibility index (Phi) is 4.31. The summed E-state index contributed by atoms with van der Waals surface area (Å²) in [5.41, 5.74) is 17.5. The maximum absolute atomic E-state index is 2.61. The number of aromatic nitrogens is 2. The van der Waals surface area contributed by atoms with Crippen molar-refractivity contribution in [3.8, 4) is 33.6 Å². The summed E-state index contributed by atoms with van der Waals surface area (Å²) in [5, 5.41) is 0. The minimum absolute atomic E-state index is 0.259. The Balaban J connectivity index is 1.45. The van der Waals surface area contributed by atoms with Gasteiger partial charge in [0.15, 0.2) is 25.5 Å². The second kappa shape index (κ2) is 8.02. The lowest BCUT2D eigenvalue weighted by Crippen LogP contribution is -2.45. The first-order valence-electron chi connectivity index (χ1n) is 15.0. The summed E-state index contributed by atoms with van der Waals surface area (Å²) >= 11 is 0. The molecule has 1 spiro atoms. The van der Waals surface area contributed by atoms with E-state index in [-0.39, 0.29) is 5.92 Å². The Bertz CT molecular complexity index is 2120. The van der Waals surface area contributed by atoms with Crippen molar-refractivity contribution in [2.75, 3.05) is 0 Å². The molecule has 2 nitrogen and oxygen atoms in total. The molecule has 0 N–H and O–H groups in total. The fourth-order valence-electron chi connectivity index (χ4n) is 8.72. The van der Waals surface area contributed by atoms with Crippen LogP contribution in [0.4, 0.5) is 0 Å². The average Bonchev–Trinajstić information content (AvgIpc) is 3.35. The SMILES string of the molecule is C1=C2\C[n+]3ccccc3-c3cccc(c32)C2(c3ccccc3-c3ccccc32)c2cccc3c2C/1C[n+]1ccccc1-3. The third-order valence-electron chi connectivity index (χ3n) is 10.2. The molecule has 0 saturated heterocycles. The number of nitrogens with zero attached hydrogens (tertiary/aromatic N) is 2. The van der Waals surface area contributed by atoms with Gasteiger partial charge >= 0.3 is 0 Å². The van der Waals surface area contributed by atoms with Gasteiger partial charge in [0, 0.05) is 35.4 Å². The molecule has 0 saturated carbocycles. The Labute approximate surface area is 245 Å². The molecule has 2 aliphatic carbocycles. The standard InChI is InChI=1S/C40H28N2/c1-3-15-32-28(11-1)29-12-2-4-16-33(29)40(32)34-17-9-13-30-36-19-5-7-21-41(36)24-26(38(30)34)23-27-25-42-22-8-6-20-37(42)31-14-10-18-35(40)39(27)31/h1-23,26H,24-25H2/q+2/b27-23+. The molecule has 0 bridgehead atoms. The fraction of sp³-hybridized carbons (Fsp3) is 0.100. The topological polar surface area (TPSA) is 7.76 Å². The maximum atomic E-state index is 2.61. The van der Waals surface area contributed by atoms with Gasteiger partial charge in [0.2, 0.25) is 11.4 Å². The van der Waals surface area contributed by atoms with Crippen LogP contribution in [0.25, 0.3) is 39.2 Å². The second-order valence-corrected chi connectivity index (χ2v) is 12.1. The van der Waals surface area contributed by atoms with Crippen LogP contribution < -0.4 is 9.13 Å². The quantitative estimate of drug-likeness (QED) is 0.178. The summed E-state index contributed by atoms with van der Waals surface area (Å²) in [6.07, 6.45) is 7.10. The van der Waals surface area contributed by atoms with Crippen molar-refractivity contribution in [1.29, 1.82) is 0 Å². The van der Waals surface area contributed by atoms with Crippen molar-refractivity contribution in [3.05, 3.63) is 173 Å². The maximum Gasteiger partial charge on any atom is 0.213 e. The largest absolute Gasteiger partial charge is 0.213 e. The molecule has 2 aliphatic heterocycles. The van der Waals surface area contributed by atoms with Crippen LogP contribution in [0.15, 0.2) is 140 Å². The summed E-state index contributed by atoms with van der Waals surface area (Å²) < 4.78 is 4.88. The summed E-state index contributed by atoms with van der Waals surface area (Å²) in [7, 11) is 0. The van der Waals surface area contributed by atoms with Crippen LogP contribution in [0, 0.1) is 0 Å². The van der Waals surface area contributed by atoms with Gasteiger partial charge in [-0.3, -0.25) is 0 Å². The first kappa shape index (κ1) is 22.6. The van der Waals surface area contributed by atoms with Gasteiger partial charge in [0.25, 0.3) is 0 Å². The molecule has 1 unspecified atom stereocenters. The van der Waals surface area contributed by atoms with E-state index in [1.807, 2.05) is 0 Å². The van der Waals surface area contributed by atoms with Crippen molar-refractivity contribution in [2.45, 2.75) is 24.4 Å². The zero-order chi connectivity index (χ0) is 27.4. The molecule has 0 fully saturated rings. The van der Waals surface area contributed by atoms with Crippen LogP contribution in [0.2, 0.25) is 0 Å². The molecule has 1 atom stereocenters.